The first-order chi connectivity index (χ1) is 6.75. The molecule has 0 saturated carbocycles. The number of carbonyl (C=O) groups is 1. The van der Waals surface area contributed by atoms with Gasteiger partial charge in [-0.05, 0) is 31.5 Å². The van der Waals surface area contributed by atoms with Gasteiger partial charge in [-0.15, -0.1) is 0 Å². The van der Waals surface area contributed by atoms with Crippen LogP contribution >= 0.6 is 0 Å². The first-order valence-electron chi connectivity index (χ1n) is 4.12. The Morgan fingerprint density at radius 1 is 1.27 bits per heavy atom. The highest BCUT2D eigenvalue weighted by Gasteiger charge is 2.34. The number of hydrogen-bond donors (Lipinski definition) is 0. The van der Waals surface area contributed by atoms with Crippen LogP contribution in [0.15, 0.2) is 12.1 Å². The topological polar surface area (TPSA) is 17.1 Å². The van der Waals surface area contributed by atoms with Crippen LogP contribution in [0.2, 0.25) is 0 Å². The van der Waals surface area contributed by atoms with Crippen LogP contribution in [0.25, 0.3) is 0 Å². The summed E-state index contributed by atoms with van der Waals surface area (Å²) in [4.78, 5) is 10.9. The standard InChI is InChI=1S/C10H8F4O/c1-5-8(10(12,13)14)4-3-7(6(2)15)9(5)11/h3-4H,1-2H3. The number of alkyl halides is 3. The summed E-state index contributed by atoms with van der Waals surface area (Å²) in [5.41, 5.74) is -1.92. The Bertz CT molecular complexity index is 407. The number of hydrogen-bond acceptors (Lipinski definition) is 1. The van der Waals surface area contributed by atoms with Crippen LogP contribution in [-0.4, -0.2) is 5.78 Å². The van der Waals surface area contributed by atoms with E-state index in [2.05, 4.69) is 0 Å². The molecule has 0 spiro atoms. The fraction of sp³-hybridized carbons (Fsp3) is 0.300. The van der Waals surface area contributed by atoms with Gasteiger partial charge in [-0.25, -0.2) is 4.39 Å². The second kappa shape index (κ2) is 3.64. The zero-order valence-corrected chi connectivity index (χ0v) is 8.07. The van der Waals surface area contributed by atoms with Gasteiger partial charge in [-0.2, -0.15) is 13.2 Å². The van der Waals surface area contributed by atoms with Crippen molar-refractivity contribution in [3.8, 4) is 0 Å². The van der Waals surface area contributed by atoms with Gasteiger partial charge < -0.3 is 0 Å². The molecule has 1 aromatic rings. The van der Waals surface area contributed by atoms with Crippen LogP contribution in [0.4, 0.5) is 17.6 Å². The molecule has 1 aromatic carbocycles. The fourth-order valence-electron chi connectivity index (χ4n) is 1.26. The molecule has 1 rings (SSSR count). The van der Waals surface area contributed by atoms with Gasteiger partial charge in [0.15, 0.2) is 5.78 Å². The Labute approximate surface area is 83.7 Å². The van der Waals surface area contributed by atoms with Gasteiger partial charge in [0.2, 0.25) is 0 Å². The lowest BCUT2D eigenvalue weighted by Gasteiger charge is -2.12. The van der Waals surface area contributed by atoms with E-state index in [1.54, 1.807) is 0 Å². The predicted molar refractivity (Wildman–Crippen MR) is 46.1 cm³/mol. The quantitative estimate of drug-likeness (QED) is 0.524. The third kappa shape index (κ3) is 2.16. The molecule has 0 unspecified atom stereocenters. The third-order valence-corrected chi connectivity index (χ3v) is 2.07. The number of ketones is 1. The van der Waals surface area contributed by atoms with Gasteiger partial charge in [-0.1, -0.05) is 0 Å². The molecule has 0 aliphatic heterocycles. The first kappa shape index (κ1) is 11.7. The zero-order chi connectivity index (χ0) is 11.8. The summed E-state index contributed by atoms with van der Waals surface area (Å²) >= 11 is 0. The van der Waals surface area contributed by atoms with Crippen LogP contribution in [0.3, 0.4) is 0 Å². The minimum absolute atomic E-state index is 0.319. The van der Waals surface area contributed by atoms with E-state index in [9.17, 15) is 22.4 Å². The van der Waals surface area contributed by atoms with Crippen molar-refractivity contribution in [2.45, 2.75) is 20.0 Å². The molecule has 0 aliphatic rings. The van der Waals surface area contributed by atoms with E-state index < -0.39 is 28.9 Å². The fourth-order valence-corrected chi connectivity index (χ4v) is 1.26. The maximum absolute atomic E-state index is 13.3. The lowest BCUT2D eigenvalue weighted by Crippen LogP contribution is -2.11. The van der Waals surface area contributed by atoms with Crippen molar-refractivity contribution in [1.29, 1.82) is 0 Å². The predicted octanol–water partition coefficient (Wildman–Crippen LogP) is 3.36. The van der Waals surface area contributed by atoms with E-state index in [0.717, 1.165) is 26.0 Å². The minimum Gasteiger partial charge on any atom is -0.294 e. The van der Waals surface area contributed by atoms with Gasteiger partial charge in [0.1, 0.15) is 5.82 Å². The molecular formula is C10H8F4O. The Kier molecular flexibility index (Phi) is 2.83. The number of rotatable bonds is 1. The summed E-state index contributed by atoms with van der Waals surface area (Å²) in [7, 11) is 0. The Hall–Kier alpha value is -1.39. The summed E-state index contributed by atoms with van der Waals surface area (Å²) in [5.74, 6) is -1.69. The van der Waals surface area contributed by atoms with Crippen molar-refractivity contribution in [3.05, 3.63) is 34.6 Å². The molecule has 0 radical (unpaired) electrons. The monoisotopic (exact) mass is 220 g/mol. The molecule has 0 bridgehead atoms. The van der Waals surface area contributed by atoms with Crippen LogP contribution < -0.4 is 0 Å². The van der Waals surface area contributed by atoms with Gasteiger partial charge in [0.25, 0.3) is 0 Å². The lowest BCUT2D eigenvalue weighted by atomic mass is 10.0. The SMILES string of the molecule is CC(=O)c1ccc(C(F)(F)F)c(C)c1F. The lowest BCUT2D eigenvalue weighted by molar-refractivity contribution is -0.138. The molecule has 0 N–H and O–H groups in total. The highest BCUT2D eigenvalue weighted by molar-refractivity contribution is 5.94. The molecule has 82 valence electrons. The van der Waals surface area contributed by atoms with E-state index in [1.165, 1.54) is 0 Å². The molecule has 0 amide bonds. The summed E-state index contributed by atoms with van der Waals surface area (Å²) in [6.45, 7) is 2.11. The maximum Gasteiger partial charge on any atom is 0.416 e. The maximum atomic E-state index is 13.3. The molecule has 0 aromatic heterocycles. The van der Waals surface area contributed by atoms with Gasteiger partial charge in [0.05, 0.1) is 11.1 Å². The van der Waals surface area contributed by atoms with E-state index in [1.807, 2.05) is 0 Å². The average molecular weight is 220 g/mol. The highest BCUT2D eigenvalue weighted by Crippen LogP contribution is 2.33. The minimum atomic E-state index is -4.60. The number of benzene rings is 1. The van der Waals surface area contributed by atoms with Crippen LogP contribution in [-0.2, 0) is 6.18 Å². The molecule has 15 heavy (non-hydrogen) atoms. The highest BCUT2D eigenvalue weighted by atomic mass is 19.4. The molecule has 5 heteroatoms. The van der Waals surface area contributed by atoms with E-state index >= 15 is 0 Å². The van der Waals surface area contributed by atoms with Gasteiger partial charge in [-0.3, -0.25) is 4.79 Å². The summed E-state index contributed by atoms with van der Waals surface area (Å²) in [6, 6.07) is 1.57. The molecule has 0 saturated heterocycles. The van der Waals surface area contributed by atoms with Crippen molar-refractivity contribution in [1.82, 2.24) is 0 Å². The Balaban J connectivity index is 3.41. The first-order valence-corrected chi connectivity index (χ1v) is 4.12. The van der Waals surface area contributed by atoms with Gasteiger partial charge >= 0.3 is 6.18 Å². The summed E-state index contributed by atoms with van der Waals surface area (Å²) < 4.78 is 50.3. The summed E-state index contributed by atoms with van der Waals surface area (Å²) in [5, 5.41) is 0. The number of halogens is 4. The van der Waals surface area contributed by atoms with Crippen LogP contribution in [0.5, 0.6) is 0 Å². The normalized spacial score (nSPS) is 11.6. The molecule has 0 aliphatic carbocycles. The number of Topliss-reactive ketones (excluding diaryl/α,β-unsaturated/α-hetero) is 1. The third-order valence-electron chi connectivity index (χ3n) is 2.07. The molecule has 0 atom stereocenters. The second-order valence-corrected chi connectivity index (χ2v) is 3.15. The molecule has 0 fully saturated rings. The van der Waals surface area contributed by atoms with Crippen molar-refractivity contribution in [2.75, 3.05) is 0 Å². The van der Waals surface area contributed by atoms with Crippen LogP contribution in [0.1, 0.15) is 28.4 Å². The smallest absolute Gasteiger partial charge is 0.294 e. The van der Waals surface area contributed by atoms with Crippen molar-refractivity contribution in [2.24, 2.45) is 0 Å². The zero-order valence-electron chi connectivity index (χ0n) is 8.07. The number of carbonyl (C=O) groups excluding carboxylic acids is 1. The van der Waals surface area contributed by atoms with Crippen molar-refractivity contribution < 1.29 is 22.4 Å². The van der Waals surface area contributed by atoms with E-state index in [4.69, 9.17) is 0 Å². The molecule has 0 heterocycles. The average Bonchev–Trinajstić information content (AvgIpc) is 2.06. The molecular weight excluding hydrogens is 212 g/mol. The van der Waals surface area contributed by atoms with Gasteiger partial charge in [0, 0.05) is 0 Å². The largest absolute Gasteiger partial charge is 0.416 e. The second-order valence-electron chi connectivity index (χ2n) is 3.15. The molecule has 1 nitrogen and oxygen atoms in total. The van der Waals surface area contributed by atoms with Crippen LogP contribution in [0, 0.1) is 12.7 Å². The van der Waals surface area contributed by atoms with E-state index in [0.29, 0.717) is 0 Å². The van der Waals surface area contributed by atoms with Crippen molar-refractivity contribution in [3.63, 3.8) is 0 Å². The Morgan fingerprint density at radius 2 is 1.80 bits per heavy atom. The van der Waals surface area contributed by atoms with Crippen molar-refractivity contribution >= 4 is 5.78 Å². The Morgan fingerprint density at radius 3 is 2.20 bits per heavy atom. The summed E-state index contributed by atoms with van der Waals surface area (Å²) in [6.07, 6.45) is -4.60. The van der Waals surface area contributed by atoms with E-state index in [-0.39, 0.29) is 5.56 Å².